The SMILES string of the molecule is C#Cc1cccc(Oc2cccc(N=O)c2)c1. The second-order valence-electron chi connectivity index (χ2n) is 3.36. The molecular formula is C14H9NO2. The summed E-state index contributed by atoms with van der Waals surface area (Å²) in [6.07, 6.45) is 5.30. The quantitative estimate of drug-likeness (QED) is 0.585. The third-order valence-electron chi connectivity index (χ3n) is 2.16. The highest BCUT2D eigenvalue weighted by Gasteiger charge is 1.99. The van der Waals surface area contributed by atoms with Gasteiger partial charge in [-0.05, 0) is 35.5 Å². The molecule has 0 saturated heterocycles. The maximum absolute atomic E-state index is 10.4. The number of rotatable bonds is 3. The highest BCUT2D eigenvalue weighted by molar-refractivity contribution is 5.45. The Morgan fingerprint density at radius 3 is 2.47 bits per heavy atom. The molecule has 0 N–H and O–H groups in total. The molecule has 0 fully saturated rings. The lowest BCUT2D eigenvalue weighted by Gasteiger charge is -2.05. The van der Waals surface area contributed by atoms with Gasteiger partial charge in [0.1, 0.15) is 17.2 Å². The van der Waals surface area contributed by atoms with E-state index in [1.165, 1.54) is 0 Å². The number of nitroso groups, excluding NO2 is 1. The number of ether oxygens (including phenoxy) is 1. The summed E-state index contributed by atoms with van der Waals surface area (Å²) >= 11 is 0. The highest BCUT2D eigenvalue weighted by atomic mass is 16.5. The lowest BCUT2D eigenvalue weighted by Crippen LogP contribution is -1.84. The average molecular weight is 223 g/mol. The van der Waals surface area contributed by atoms with Crippen LogP contribution in [0, 0.1) is 17.3 Å². The van der Waals surface area contributed by atoms with Crippen LogP contribution in [0.4, 0.5) is 5.69 Å². The first kappa shape index (κ1) is 10.9. The van der Waals surface area contributed by atoms with Gasteiger partial charge in [-0.25, -0.2) is 0 Å². The smallest absolute Gasteiger partial charge is 0.129 e. The normalized spacial score (nSPS) is 9.35. The van der Waals surface area contributed by atoms with Crippen LogP contribution in [-0.2, 0) is 0 Å². The molecule has 0 aliphatic rings. The Morgan fingerprint density at radius 1 is 1.06 bits per heavy atom. The van der Waals surface area contributed by atoms with Gasteiger partial charge in [-0.3, -0.25) is 0 Å². The van der Waals surface area contributed by atoms with E-state index in [0.717, 1.165) is 5.56 Å². The summed E-state index contributed by atoms with van der Waals surface area (Å²) in [5, 5.41) is 2.84. The minimum atomic E-state index is 0.329. The fourth-order valence-electron chi connectivity index (χ4n) is 1.39. The van der Waals surface area contributed by atoms with Crippen molar-refractivity contribution in [1.82, 2.24) is 0 Å². The van der Waals surface area contributed by atoms with Gasteiger partial charge in [0.25, 0.3) is 0 Å². The average Bonchev–Trinajstić information content (AvgIpc) is 2.39. The molecule has 2 aromatic carbocycles. The molecule has 0 bridgehead atoms. The number of hydrogen-bond acceptors (Lipinski definition) is 3. The van der Waals surface area contributed by atoms with Crippen molar-refractivity contribution in [3.63, 3.8) is 0 Å². The summed E-state index contributed by atoms with van der Waals surface area (Å²) in [6.45, 7) is 0. The summed E-state index contributed by atoms with van der Waals surface area (Å²) in [4.78, 5) is 10.4. The maximum atomic E-state index is 10.4. The van der Waals surface area contributed by atoms with E-state index in [0.29, 0.717) is 17.2 Å². The zero-order valence-electron chi connectivity index (χ0n) is 8.96. The monoisotopic (exact) mass is 223 g/mol. The predicted molar refractivity (Wildman–Crippen MR) is 66.3 cm³/mol. The van der Waals surface area contributed by atoms with Crippen LogP contribution in [0.3, 0.4) is 0 Å². The fourth-order valence-corrected chi connectivity index (χ4v) is 1.39. The van der Waals surface area contributed by atoms with E-state index >= 15 is 0 Å². The van der Waals surface area contributed by atoms with E-state index in [-0.39, 0.29) is 0 Å². The molecule has 0 radical (unpaired) electrons. The third kappa shape index (κ3) is 2.70. The van der Waals surface area contributed by atoms with Crippen LogP contribution in [0.1, 0.15) is 5.56 Å². The topological polar surface area (TPSA) is 38.7 Å². The molecule has 2 aromatic rings. The molecule has 82 valence electrons. The Hall–Kier alpha value is -2.60. The zero-order valence-corrected chi connectivity index (χ0v) is 8.96. The Labute approximate surface area is 99.0 Å². The van der Waals surface area contributed by atoms with E-state index in [1.54, 1.807) is 36.4 Å². The second kappa shape index (κ2) is 4.95. The summed E-state index contributed by atoms with van der Waals surface area (Å²) in [7, 11) is 0. The van der Waals surface area contributed by atoms with Gasteiger partial charge in [-0.2, -0.15) is 0 Å². The Balaban J connectivity index is 2.25. The number of hydrogen-bond donors (Lipinski definition) is 0. The molecule has 3 heteroatoms. The van der Waals surface area contributed by atoms with Crippen molar-refractivity contribution in [2.45, 2.75) is 0 Å². The number of benzene rings is 2. The van der Waals surface area contributed by atoms with Crippen LogP contribution < -0.4 is 4.74 Å². The van der Waals surface area contributed by atoms with Crippen molar-refractivity contribution in [3.8, 4) is 23.8 Å². The molecule has 0 atom stereocenters. The maximum Gasteiger partial charge on any atom is 0.129 e. The van der Waals surface area contributed by atoms with Crippen LogP contribution in [0.2, 0.25) is 0 Å². The van der Waals surface area contributed by atoms with Gasteiger partial charge in [0.05, 0.1) is 0 Å². The van der Waals surface area contributed by atoms with Gasteiger partial charge in [0.2, 0.25) is 0 Å². The van der Waals surface area contributed by atoms with Crippen LogP contribution in [-0.4, -0.2) is 0 Å². The van der Waals surface area contributed by atoms with Gasteiger partial charge < -0.3 is 4.74 Å². The zero-order chi connectivity index (χ0) is 12.1. The van der Waals surface area contributed by atoms with E-state index in [2.05, 4.69) is 11.1 Å². The minimum Gasteiger partial charge on any atom is -0.457 e. The van der Waals surface area contributed by atoms with E-state index in [4.69, 9.17) is 11.2 Å². The van der Waals surface area contributed by atoms with E-state index in [1.807, 2.05) is 12.1 Å². The molecule has 0 aliphatic carbocycles. The lowest BCUT2D eigenvalue weighted by atomic mass is 10.2. The van der Waals surface area contributed by atoms with Crippen molar-refractivity contribution in [3.05, 3.63) is 59.0 Å². The minimum absolute atomic E-state index is 0.329. The molecule has 0 spiro atoms. The van der Waals surface area contributed by atoms with Gasteiger partial charge in [-0.15, -0.1) is 11.3 Å². The second-order valence-corrected chi connectivity index (χ2v) is 3.36. The van der Waals surface area contributed by atoms with Crippen LogP contribution >= 0.6 is 0 Å². The molecule has 3 nitrogen and oxygen atoms in total. The molecular weight excluding hydrogens is 214 g/mol. The molecule has 0 unspecified atom stereocenters. The summed E-state index contributed by atoms with van der Waals surface area (Å²) < 4.78 is 5.57. The Bertz CT molecular complexity index is 585. The van der Waals surface area contributed by atoms with Crippen molar-refractivity contribution in [2.24, 2.45) is 5.18 Å². The van der Waals surface area contributed by atoms with E-state index < -0.39 is 0 Å². The molecule has 17 heavy (non-hydrogen) atoms. The first-order valence-corrected chi connectivity index (χ1v) is 5.00. The molecule has 0 aliphatic heterocycles. The van der Waals surface area contributed by atoms with Gasteiger partial charge in [0.15, 0.2) is 0 Å². The van der Waals surface area contributed by atoms with Crippen LogP contribution in [0.15, 0.2) is 53.7 Å². The Kier molecular flexibility index (Phi) is 3.18. The molecule has 0 heterocycles. The van der Waals surface area contributed by atoms with Crippen LogP contribution in [0.5, 0.6) is 11.5 Å². The third-order valence-corrected chi connectivity index (χ3v) is 2.16. The van der Waals surface area contributed by atoms with Crippen molar-refractivity contribution in [2.75, 3.05) is 0 Å². The van der Waals surface area contributed by atoms with Crippen LogP contribution in [0.25, 0.3) is 0 Å². The lowest BCUT2D eigenvalue weighted by molar-refractivity contribution is 0.483. The first-order valence-electron chi connectivity index (χ1n) is 5.00. The highest BCUT2D eigenvalue weighted by Crippen LogP contribution is 2.25. The van der Waals surface area contributed by atoms with Crippen molar-refractivity contribution >= 4 is 5.69 Å². The number of terminal acetylenes is 1. The van der Waals surface area contributed by atoms with Gasteiger partial charge >= 0.3 is 0 Å². The van der Waals surface area contributed by atoms with Gasteiger partial charge in [-0.1, -0.05) is 18.1 Å². The van der Waals surface area contributed by atoms with Gasteiger partial charge in [0, 0.05) is 11.6 Å². The summed E-state index contributed by atoms with van der Waals surface area (Å²) in [6, 6.07) is 13.8. The fraction of sp³-hybridized carbons (Fsp3) is 0. The summed E-state index contributed by atoms with van der Waals surface area (Å²) in [5.74, 6) is 3.71. The first-order chi connectivity index (χ1) is 8.31. The standard InChI is InChI=1S/C14H9NO2/c1-2-11-5-3-7-13(9-11)17-14-8-4-6-12(10-14)15-16/h1,3-10H. The predicted octanol–water partition coefficient (Wildman–Crippen LogP) is 3.86. The number of nitrogens with zero attached hydrogens (tertiary/aromatic N) is 1. The Morgan fingerprint density at radius 2 is 1.76 bits per heavy atom. The molecule has 0 saturated carbocycles. The largest absolute Gasteiger partial charge is 0.457 e. The molecule has 0 aromatic heterocycles. The summed E-state index contributed by atoms with van der Waals surface area (Å²) in [5.41, 5.74) is 1.07. The van der Waals surface area contributed by atoms with Crippen molar-refractivity contribution in [1.29, 1.82) is 0 Å². The van der Waals surface area contributed by atoms with E-state index in [9.17, 15) is 4.91 Å². The van der Waals surface area contributed by atoms with Crippen molar-refractivity contribution < 1.29 is 4.74 Å². The molecule has 2 rings (SSSR count). The molecule has 0 amide bonds.